The topological polar surface area (TPSA) is 38.3 Å². The summed E-state index contributed by atoms with van der Waals surface area (Å²) in [6, 6.07) is 22.0. The van der Waals surface area contributed by atoms with E-state index in [1.54, 1.807) is 7.11 Å². The maximum atomic E-state index is 12.2. The van der Waals surface area contributed by atoms with Gasteiger partial charge in [-0.25, -0.2) is 0 Å². The van der Waals surface area contributed by atoms with E-state index in [9.17, 15) is 4.79 Å². The van der Waals surface area contributed by atoms with Gasteiger partial charge in [-0.2, -0.15) is 0 Å². The quantitative estimate of drug-likeness (QED) is 0.613. The number of carbonyl (C=O) groups is 1. The second kappa shape index (κ2) is 8.99. The van der Waals surface area contributed by atoms with Crippen LogP contribution < -0.4 is 5.32 Å². The predicted octanol–water partition coefficient (Wildman–Crippen LogP) is 5.11. The number of benzene rings is 2. The van der Waals surface area contributed by atoms with Crippen LogP contribution in [0.2, 0.25) is 4.34 Å². The summed E-state index contributed by atoms with van der Waals surface area (Å²) in [7, 11) is 1.63. The number of halogens is 1. The van der Waals surface area contributed by atoms with Gasteiger partial charge in [0, 0.05) is 18.5 Å². The molecular formula is C21H20ClNO2S. The van der Waals surface area contributed by atoms with E-state index in [2.05, 4.69) is 17.4 Å². The van der Waals surface area contributed by atoms with Gasteiger partial charge in [0.15, 0.2) is 0 Å². The minimum Gasteiger partial charge on any atom is -0.374 e. The molecule has 1 unspecified atom stereocenters. The van der Waals surface area contributed by atoms with Crippen LogP contribution >= 0.6 is 22.9 Å². The standard InChI is InChI=1S/C21H20ClNO2S/c1-25-18(19-11-12-20(22)26-19)14-23-21(24)13-15-7-9-17(10-8-15)16-5-3-2-4-6-16/h2-12,18H,13-14H2,1H3,(H,23,24). The summed E-state index contributed by atoms with van der Waals surface area (Å²) in [5.41, 5.74) is 3.29. The third-order valence-corrected chi connectivity index (χ3v) is 5.43. The van der Waals surface area contributed by atoms with Gasteiger partial charge in [0.05, 0.1) is 10.8 Å². The van der Waals surface area contributed by atoms with Crippen LogP contribution in [0.5, 0.6) is 0 Å². The van der Waals surface area contributed by atoms with Crippen molar-refractivity contribution in [1.82, 2.24) is 5.32 Å². The molecule has 0 saturated heterocycles. The van der Waals surface area contributed by atoms with Crippen LogP contribution in [-0.4, -0.2) is 19.6 Å². The van der Waals surface area contributed by atoms with Gasteiger partial charge in [0.1, 0.15) is 6.10 Å². The Kier molecular flexibility index (Phi) is 6.45. The van der Waals surface area contributed by atoms with Gasteiger partial charge in [-0.15, -0.1) is 11.3 Å². The van der Waals surface area contributed by atoms with Crippen molar-refractivity contribution in [3.8, 4) is 11.1 Å². The monoisotopic (exact) mass is 385 g/mol. The zero-order valence-electron chi connectivity index (χ0n) is 14.4. The molecule has 1 aromatic heterocycles. The van der Waals surface area contributed by atoms with E-state index < -0.39 is 0 Å². The molecule has 0 aliphatic carbocycles. The predicted molar refractivity (Wildman–Crippen MR) is 108 cm³/mol. The lowest BCUT2D eigenvalue weighted by Gasteiger charge is -2.14. The van der Waals surface area contributed by atoms with Crippen molar-refractivity contribution in [2.45, 2.75) is 12.5 Å². The lowest BCUT2D eigenvalue weighted by Crippen LogP contribution is -2.30. The molecule has 3 aromatic rings. The molecule has 0 saturated carbocycles. The number of ether oxygens (including phenoxy) is 1. The Hall–Kier alpha value is -2.14. The molecule has 0 fully saturated rings. The number of carbonyl (C=O) groups excluding carboxylic acids is 1. The second-order valence-electron chi connectivity index (χ2n) is 5.91. The molecular weight excluding hydrogens is 366 g/mol. The molecule has 0 bridgehead atoms. The average molecular weight is 386 g/mol. The molecule has 1 heterocycles. The Bertz CT molecular complexity index is 846. The summed E-state index contributed by atoms with van der Waals surface area (Å²) in [6.45, 7) is 0.425. The number of rotatable bonds is 7. The fourth-order valence-electron chi connectivity index (χ4n) is 2.70. The van der Waals surface area contributed by atoms with Gasteiger partial charge in [-0.05, 0) is 28.8 Å². The average Bonchev–Trinajstić information content (AvgIpc) is 3.10. The van der Waals surface area contributed by atoms with E-state index in [4.69, 9.17) is 16.3 Å². The summed E-state index contributed by atoms with van der Waals surface area (Å²) >= 11 is 7.43. The van der Waals surface area contributed by atoms with Gasteiger partial charge in [-0.3, -0.25) is 4.79 Å². The Balaban J connectivity index is 1.54. The fourth-order valence-corrected chi connectivity index (χ4v) is 3.84. The fraction of sp³-hybridized carbons (Fsp3) is 0.190. The minimum atomic E-state index is -0.183. The third-order valence-electron chi connectivity index (χ3n) is 4.11. The molecule has 0 spiro atoms. The van der Waals surface area contributed by atoms with E-state index in [0.717, 1.165) is 16.0 Å². The van der Waals surface area contributed by atoms with Crippen LogP contribution in [0.3, 0.4) is 0 Å². The van der Waals surface area contributed by atoms with Crippen molar-refractivity contribution in [3.05, 3.63) is 81.5 Å². The van der Waals surface area contributed by atoms with Crippen molar-refractivity contribution < 1.29 is 9.53 Å². The molecule has 5 heteroatoms. The minimum absolute atomic E-state index is 0.0258. The molecule has 1 amide bonds. The van der Waals surface area contributed by atoms with E-state index in [1.165, 1.54) is 16.9 Å². The van der Waals surface area contributed by atoms with E-state index in [-0.39, 0.29) is 12.0 Å². The van der Waals surface area contributed by atoms with Crippen molar-refractivity contribution >= 4 is 28.8 Å². The maximum Gasteiger partial charge on any atom is 0.224 e. The second-order valence-corrected chi connectivity index (χ2v) is 7.66. The largest absolute Gasteiger partial charge is 0.374 e. The van der Waals surface area contributed by atoms with Crippen LogP contribution in [0.1, 0.15) is 16.5 Å². The summed E-state index contributed by atoms with van der Waals surface area (Å²) in [6.07, 6.45) is 0.161. The van der Waals surface area contributed by atoms with Gasteiger partial charge in [-0.1, -0.05) is 66.2 Å². The molecule has 0 aliphatic heterocycles. The van der Waals surface area contributed by atoms with Gasteiger partial charge < -0.3 is 10.1 Å². The first-order valence-corrected chi connectivity index (χ1v) is 9.54. The molecule has 2 aromatic carbocycles. The van der Waals surface area contributed by atoms with Crippen LogP contribution in [-0.2, 0) is 16.0 Å². The smallest absolute Gasteiger partial charge is 0.224 e. The summed E-state index contributed by atoms with van der Waals surface area (Å²) in [5.74, 6) is -0.0258. The molecule has 1 atom stereocenters. The highest BCUT2D eigenvalue weighted by Crippen LogP contribution is 2.28. The Morgan fingerprint density at radius 1 is 1.04 bits per heavy atom. The molecule has 0 radical (unpaired) electrons. The van der Waals surface area contributed by atoms with E-state index in [1.807, 2.05) is 54.6 Å². The molecule has 3 nitrogen and oxygen atoms in total. The zero-order chi connectivity index (χ0) is 18.4. The molecule has 26 heavy (non-hydrogen) atoms. The lowest BCUT2D eigenvalue weighted by molar-refractivity contribution is -0.121. The number of hydrogen-bond acceptors (Lipinski definition) is 3. The molecule has 134 valence electrons. The highest BCUT2D eigenvalue weighted by atomic mass is 35.5. The number of methoxy groups -OCH3 is 1. The van der Waals surface area contributed by atoms with Crippen LogP contribution in [0.4, 0.5) is 0 Å². The van der Waals surface area contributed by atoms with E-state index >= 15 is 0 Å². The zero-order valence-corrected chi connectivity index (χ0v) is 16.0. The highest BCUT2D eigenvalue weighted by Gasteiger charge is 2.14. The molecule has 1 N–H and O–H groups in total. The van der Waals surface area contributed by atoms with Crippen LogP contribution in [0, 0.1) is 0 Å². The van der Waals surface area contributed by atoms with Crippen molar-refractivity contribution in [1.29, 1.82) is 0 Å². The Labute approximate surface area is 162 Å². The Morgan fingerprint density at radius 3 is 2.35 bits per heavy atom. The van der Waals surface area contributed by atoms with Gasteiger partial charge in [0.2, 0.25) is 5.91 Å². The van der Waals surface area contributed by atoms with E-state index in [0.29, 0.717) is 17.3 Å². The third kappa shape index (κ3) is 4.94. The number of thiophene rings is 1. The van der Waals surface area contributed by atoms with Crippen LogP contribution in [0.25, 0.3) is 11.1 Å². The van der Waals surface area contributed by atoms with Gasteiger partial charge >= 0.3 is 0 Å². The Morgan fingerprint density at radius 2 is 1.73 bits per heavy atom. The molecule has 0 aliphatic rings. The van der Waals surface area contributed by atoms with Gasteiger partial charge in [0.25, 0.3) is 0 Å². The first kappa shape index (κ1) is 18.6. The number of hydrogen-bond donors (Lipinski definition) is 1. The molecule has 3 rings (SSSR count). The summed E-state index contributed by atoms with van der Waals surface area (Å²) in [4.78, 5) is 13.2. The SMILES string of the molecule is COC(CNC(=O)Cc1ccc(-c2ccccc2)cc1)c1ccc(Cl)s1. The number of nitrogens with one attached hydrogen (secondary N) is 1. The summed E-state index contributed by atoms with van der Waals surface area (Å²) in [5, 5.41) is 2.94. The van der Waals surface area contributed by atoms with Crippen molar-refractivity contribution in [2.24, 2.45) is 0 Å². The van der Waals surface area contributed by atoms with Crippen molar-refractivity contribution in [3.63, 3.8) is 0 Å². The highest BCUT2D eigenvalue weighted by molar-refractivity contribution is 7.16. The number of amides is 1. The normalized spacial score (nSPS) is 11.9. The van der Waals surface area contributed by atoms with Crippen molar-refractivity contribution in [2.75, 3.05) is 13.7 Å². The lowest BCUT2D eigenvalue weighted by atomic mass is 10.0. The first-order chi connectivity index (χ1) is 12.7. The first-order valence-electron chi connectivity index (χ1n) is 8.35. The summed E-state index contributed by atoms with van der Waals surface area (Å²) < 4.78 is 6.17. The van der Waals surface area contributed by atoms with Crippen LogP contribution in [0.15, 0.2) is 66.7 Å². The maximum absolute atomic E-state index is 12.2.